The minimum Gasteiger partial charge on any atom is -0.494 e. The molecule has 3 aromatic rings. The van der Waals surface area contributed by atoms with Crippen LogP contribution in [-0.4, -0.2) is 24.0 Å². The summed E-state index contributed by atoms with van der Waals surface area (Å²) in [6, 6.07) is 13.6. The second-order valence-electron chi connectivity index (χ2n) is 6.69. The maximum Gasteiger partial charge on any atom is 0.417 e. The molecule has 0 aliphatic heterocycles. The van der Waals surface area contributed by atoms with E-state index in [4.69, 9.17) is 4.74 Å². The van der Waals surface area contributed by atoms with E-state index >= 15 is 0 Å². The Morgan fingerprint density at radius 1 is 1.07 bits per heavy atom. The molecule has 0 bridgehead atoms. The Hall–Kier alpha value is -3.09. The molecular formula is C22H21F3N2O2. The van der Waals surface area contributed by atoms with Gasteiger partial charge in [-0.3, -0.25) is 9.78 Å². The maximum absolute atomic E-state index is 13.6. The van der Waals surface area contributed by atoms with Crippen molar-refractivity contribution >= 4 is 16.8 Å². The third-order valence-corrected chi connectivity index (χ3v) is 4.45. The second-order valence-corrected chi connectivity index (χ2v) is 6.69. The molecule has 1 aromatic heterocycles. The van der Waals surface area contributed by atoms with Crippen molar-refractivity contribution in [3.63, 3.8) is 0 Å². The number of aromatic nitrogens is 1. The van der Waals surface area contributed by atoms with Crippen LogP contribution in [0.2, 0.25) is 0 Å². The molecule has 152 valence electrons. The zero-order chi connectivity index (χ0) is 20.9. The van der Waals surface area contributed by atoms with Gasteiger partial charge in [-0.25, -0.2) is 0 Å². The highest BCUT2D eigenvalue weighted by Gasteiger charge is 2.37. The first kappa shape index (κ1) is 20.6. The lowest BCUT2D eigenvalue weighted by Crippen LogP contribution is -2.27. The van der Waals surface area contributed by atoms with Gasteiger partial charge in [0.05, 0.1) is 23.3 Å². The Morgan fingerprint density at radius 2 is 1.79 bits per heavy atom. The fraction of sp³-hybridized carbons (Fsp3) is 0.273. The molecule has 2 aromatic carbocycles. The summed E-state index contributed by atoms with van der Waals surface area (Å²) in [7, 11) is 0. The zero-order valence-corrected chi connectivity index (χ0v) is 15.9. The van der Waals surface area contributed by atoms with E-state index in [0.29, 0.717) is 19.4 Å². The Morgan fingerprint density at radius 3 is 2.52 bits per heavy atom. The molecule has 29 heavy (non-hydrogen) atoms. The van der Waals surface area contributed by atoms with Gasteiger partial charge in [0.2, 0.25) is 0 Å². The molecule has 0 aliphatic carbocycles. The molecule has 0 aliphatic rings. The summed E-state index contributed by atoms with van der Waals surface area (Å²) in [5.41, 5.74) is -0.0819. The SMILES string of the molecule is Cc1ccc(OCCCCNC(=O)c2cnc3ccccc3c2C(F)(F)F)cc1. The van der Waals surface area contributed by atoms with E-state index in [1.54, 1.807) is 6.07 Å². The van der Waals surface area contributed by atoms with Crippen molar-refractivity contribution in [2.75, 3.05) is 13.2 Å². The summed E-state index contributed by atoms with van der Waals surface area (Å²) >= 11 is 0. The number of nitrogens with zero attached hydrogens (tertiary/aromatic N) is 1. The molecule has 0 saturated carbocycles. The number of unbranched alkanes of at least 4 members (excludes halogenated alkanes) is 1. The molecule has 4 nitrogen and oxygen atoms in total. The molecule has 0 unspecified atom stereocenters. The van der Waals surface area contributed by atoms with Crippen LogP contribution in [0.15, 0.2) is 54.7 Å². The van der Waals surface area contributed by atoms with Crippen molar-refractivity contribution in [2.24, 2.45) is 0 Å². The number of pyridine rings is 1. The van der Waals surface area contributed by atoms with Crippen LogP contribution in [-0.2, 0) is 6.18 Å². The monoisotopic (exact) mass is 402 g/mol. The molecule has 0 fully saturated rings. The van der Waals surface area contributed by atoms with E-state index < -0.39 is 23.2 Å². The van der Waals surface area contributed by atoms with E-state index in [9.17, 15) is 18.0 Å². The third kappa shape index (κ3) is 5.25. The average molecular weight is 402 g/mol. The molecule has 7 heteroatoms. The van der Waals surface area contributed by atoms with Crippen LogP contribution in [0.4, 0.5) is 13.2 Å². The van der Waals surface area contributed by atoms with E-state index in [0.717, 1.165) is 17.5 Å². The number of hydrogen-bond acceptors (Lipinski definition) is 3. The topological polar surface area (TPSA) is 51.2 Å². The Kier molecular flexibility index (Phi) is 6.36. The van der Waals surface area contributed by atoms with Gasteiger partial charge in [-0.1, -0.05) is 35.9 Å². The lowest BCUT2D eigenvalue weighted by Gasteiger charge is -2.15. The first-order valence-corrected chi connectivity index (χ1v) is 9.29. The number of rotatable bonds is 7. The number of carbonyl (C=O) groups is 1. The van der Waals surface area contributed by atoms with Gasteiger partial charge in [0.1, 0.15) is 5.75 Å². The maximum atomic E-state index is 13.6. The normalized spacial score (nSPS) is 11.4. The number of carbonyl (C=O) groups excluding carboxylic acids is 1. The highest BCUT2D eigenvalue weighted by Crippen LogP contribution is 2.36. The van der Waals surface area contributed by atoms with Gasteiger partial charge in [-0.2, -0.15) is 13.2 Å². The molecule has 0 saturated heterocycles. The standard InChI is InChI=1S/C22H21F3N2O2/c1-15-8-10-16(11-9-15)29-13-5-4-12-26-21(28)18-14-27-19-7-3-2-6-17(19)20(18)22(23,24)25/h2-3,6-11,14H,4-5,12-13H2,1H3,(H,26,28). The molecule has 1 amide bonds. The largest absolute Gasteiger partial charge is 0.494 e. The van der Waals surface area contributed by atoms with Crippen molar-refractivity contribution in [3.8, 4) is 5.75 Å². The summed E-state index contributed by atoms with van der Waals surface area (Å²) in [4.78, 5) is 16.4. The number of fused-ring (bicyclic) bond motifs is 1. The van der Waals surface area contributed by atoms with Crippen LogP contribution >= 0.6 is 0 Å². The van der Waals surface area contributed by atoms with Crippen molar-refractivity contribution in [1.29, 1.82) is 0 Å². The van der Waals surface area contributed by atoms with E-state index in [2.05, 4.69) is 10.3 Å². The van der Waals surface area contributed by atoms with E-state index in [1.165, 1.54) is 18.2 Å². The fourth-order valence-electron chi connectivity index (χ4n) is 2.97. The van der Waals surface area contributed by atoms with Crippen LogP contribution in [0, 0.1) is 6.92 Å². The molecule has 1 heterocycles. The summed E-state index contributed by atoms with van der Waals surface area (Å²) in [5, 5.41) is 2.46. The number of ether oxygens (including phenoxy) is 1. The number of aryl methyl sites for hydroxylation is 1. The van der Waals surface area contributed by atoms with Gasteiger partial charge < -0.3 is 10.1 Å². The summed E-state index contributed by atoms with van der Waals surface area (Å²) in [5.74, 6) is -0.0216. The Bertz CT molecular complexity index is 986. The fourth-order valence-corrected chi connectivity index (χ4v) is 2.97. The number of para-hydroxylation sites is 1. The Balaban J connectivity index is 1.57. The minimum atomic E-state index is -4.66. The first-order valence-electron chi connectivity index (χ1n) is 9.29. The van der Waals surface area contributed by atoms with Gasteiger partial charge >= 0.3 is 6.18 Å². The number of benzene rings is 2. The van der Waals surface area contributed by atoms with Crippen LogP contribution in [0.5, 0.6) is 5.75 Å². The minimum absolute atomic E-state index is 0.0841. The molecule has 0 spiro atoms. The highest BCUT2D eigenvalue weighted by molar-refractivity contribution is 6.00. The van der Waals surface area contributed by atoms with Crippen molar-refractivity contribution < 1.29 is 22.7 Å². The molecule has 0 radical (unpaired) electrons. The van der Waals surface area contributed by atoms with E-state index in [-0.39, 0.29) is 17.4 Å². The van der Waals surface area contributed by atoms with Gasteiger partial charge in [-0.05, 0) is 38.0 Å². The van der Waals surface area contributed by atoms with Gasteiger partial charge in [0.25, 0.3) is 5.91 Å². The smallest absolute Gasteiger partial charge is 0.417 e. The van der Waals surface area contributed by atoms with Crippen LogP contribution < -0.4 is 10.1 Å². The Labute approximate surface area is 166 Å². The van der Waals surface area contributed by atoms with Crippen LogP contribution in [0.3, 0.4) is 0 Å². The molecule has 0 atom stereocenters. The van der Waals surface area contributed by atoms with Crippen LogP contribution in [0.1, 0.15) is 34.3 Å². The molecule has 1 N–H and O–H groups in total. The quantitative estimate of drug-likeness (QED) is 0.556. The second kappa shape index (κ2) is 8.94. The lowest BCUT2D eigenvalue weighted by molar-refractivity contribution is -0.136. The van der Waals surface area contributed by atoms with Crippen molar-refractivity contribution in [3.05, 3.63) is 71.4 Å². The van der Waals surface area contributed by atoms with Gasteiger partial charge in [0, 0.05) is 18.1 Å². The summed E-state index contributed by atoms with van der Waals surface area (Å²) < 4.78 is 46.4. The number of nitrogens with one attached hydrogen (secondary N) is 1. The van der Waals surface area contributed by atoms with Crippen LogP contribution in [0.25, 0.3) is 10.9 Å². The zero-order valence-electron chi connectivity index (χ0n) is 15.9. The predicted molar refractivity (Wildman–Crippen MR) is 105 cm³/mol. The summed E-state index contributed by atoms with van der Waals surface area (Å²) in [6.07, 6.45) is -2.42. The van der Waals surface area contributed by atoms with Gasteiger partial charge in [-0.15, -0.1) is 0 Å². The van der Waals surface area contributed by atoms with Gasteiger partial charge in [0.15, 0.2) is 0 Å². The molecular weight excluding hydrogens is 381 g/mol. The average Bonchev–Trinajstić information content (AvgIpc) is 2.70. The van der Waals surface area contributed by atoms with Crippen molar-refractivity contribution in [2.45, 2.75) is 25.9 Å². The number of alkyl halides is 3. The lowest BCUT2D eigenvalue weighted by atomic mass is 10.0. The van der Waals surface area contributed by atoms with Crippen molar-refractivity contribution in [1.82, 2.24) is 10.3 Å². The molecule has 3 rings (SSSR count). The number of hydrogen-bond donors (Lipinski definition) is 1. The predicted octanol–water partition coefficient (Wildman–Crippen LogP) is 5.15. The first-order chi connectivity index (χ1) is 13.9. The number of amides is 1. The highest BCUT2D eigenvalue weighted by atomic mass is 19.4. The third-order valence-electron chi connectivity index (χ3n) is 4.45. The van der Waals surface area contributed by atoms with E-state index in [1.807, 2.05) is 31.2 Å². The number of halogens is 3. The summed E-state index contributed by atoms with van der Waals surface area (Å²) in [6.45, 7) is 2.70.